The zero-order valence-electron chi connectivity index (χ0n) is 13.7. The second-order valence-electron chi connectivity index (χ2n) is 5.30. The molecule has 0 saturated heterocycles. The lowest BCUT2D eigenvalue weighted by Crippen LogP contribution is -2.24. The minimum atomic E-state index is -5.78. The number of sulfonamides is 1. The Morgan fingerprint density at radius 3 is 2.00 bits per heavy atom. The second-order valence-corrected chi connectivity index (χ2v) is 9.22. The topological polar surface area (TPSA) is 92.3 Å². The molecule has 0 spiro atoms. The molecule has 0 atom stereocenters. The van der Waals surface area contributed by atoms with E-state index in [2.05, 4.69) is 10.0 Å². The normalized spacial score (nSPS) is 12.6. The van der Waals surface area contributed by atoms with Gasteiger partial charge in [-0.15, -0.1) is 0 Å². The molecule has 6 nitrogen and oxygen atoms in total. The fourth-order valence-electron chi connectivity index (χ4n) is 1.98. The lowest BCUT2D eigenvalue weighted by atomic mass is 10.2. The van der Waals surface area contributed by atoms with E-state index < -0.39 is 41.8 Å². The van der Waals surface area contributed by atoms with E-state index in [1.165, 1.54) is 31.2 Å². The quantitative estimate of drug-likeness (QED) is 0.689. The van der Waals surface area contributed by atoms with Crippen LogP contribution in [-0.4, -0.2) is 28.1 Å². The standard InChI is InChI=1S/C15H14F4N2O4S2/c1-2-26(22,23)21-12-6-4-11(5-7-12)20-13-8-3-10(16)9-14(13)27(24,25)15(17,18)19/h3-9,20-21H,2H2,1H3. The Morgan fingerprint density at radius 1 is 0.926 bits per heavy atom. The highest BCUT2D eigenvalue weighted by Gasteiger charge is 2.48. The molecular weight excluding hydrogens is 412 g/mol. The molecule has 0 heterocycles. The molecule has 0 aromatic heterocycles. The summed E-state index contributed by atoms with van der Waals surface area (Å²) in [6.45, 7) is 1.44. The van der Waals surface area contributed by atoms with Gasteiger partial charge >= 0.3 is 5.51 Å². The van der Waals surface area contributed by atoms with Crippen LogP contribution in [0.2, 0.25) is 0 Å². The van der Waals surface area contributed by atoms with Crippen LogP contribution in [-0.2, 0) is 19.9 Å². The molecule has 27 heavy (non-hydrogen) atoms. The van der Waals surface area contributed by atoms with Gasteiger partial charge < -0.3 is 5.32 Å². The van der Waals surface area contributed by atoms with Gasteiger partial charge in [0, 0.05) is 11.4 Å². The van der Waals surface area contributed by atoms with Crippen molar-refractivity contribution in [3.05, 3.63) is 48.3 Å². The number of benzene rings is 2. The zero-order valence-corrected chi connectivity index (χ0v) is 15.3. The third-order valence-electron chi connectivity index (χ3n) is 3.36. The van der Waals surface area contributed by atoms with Crippen molar-refractivity contribution in [2.75, 3.05) is 15.8 Å². The molecule has 12 heteroatoms. The van der Waals surface area contributed by atoms with E-state index in [-0.39, 0.29) is 23.2 Å². The summed E-state index contributed by atoms with van der Waals surface area (Å²) in [6.07, 6.45) is 0. The van der Waals surface area contributed by atoms with E-state index >= 15 is 0 Å². The van der Waals surface area contributed by atoms with Crippen molar-refractivity contribution >= 4 is 36.9 Å². The average molecular weight is 426 g/mol. The summed E-state index contributed by atoms with van der Waals surface area (Å²) < 4.78 is 100. The van der Waals surface area contributed by atoms with Crippen LogP contribution in [0.5, 0.6) is 0 Å². The maximum Gasteiger partial charge on any atom is 0.501 e. The number of anilines is 3. The van der Waals surface area contributed by atoms with E-state index in [1.54, 1.807) is 0 Å². The first kappa shape index (κ1) is 21.0. The van der Waals surface area contributed by atoms with Crippen LogP contribution in [0.1, 0.15) is 6.92 Å². The average Bonchev–Trinajstić information content (AvgIpc) is 2.57. The molecule has 0 radical (unpaired) electrons. The van der Waals surface area contributed by atoms with E-state index in [9.17, 15) is 34.4 Å². The predicted octanol–water partition coefficient (Wildman–Crippen LogP) is 3.62. The molecule has 0 aliphatic carbocycles. The van der Waals surface area contributed by atoms with Crippen molar-refractivity contribution in [1.82, 2.24) is 0 Å². The van der Waals surface area contributed by atoms with Gasteiger partial charge in [0.15, 0.2) is 0 Å². The molecule has 0 saturated carbocycles. The molecule has 0 amide bonds. The Bertz CT molecular complexity index is 1030. The molecule has 2 rings (SSSR count). The van der Waals surface area contributed by atoms with Crippen LogP contribution < -0.4 is 10.0 Å². The Hall–Kier alpha value is -2.34. The lowest BCUT2D eigenvalue weighted by Gasteiger charge is -2.15. The summed E-state index contributed by atoms with van der Waals surface area (Å²) >= 11 is 0. The zero-order chi connectivity index (χ0) is 20.5. The van der Waals surface area contributed by atoms with E-state index in [4.69, 9.17) is 0 Å². The predicted molar refractivity (Wildman–Crippen MR) is 92.4 cm³/mol. The van der Waals surface area contributed by atoms with Gasteiger partial charge in [-0.05, 0) is 49.4 Å². The molecule has 0 aliphatic heterocycles. The Morgan fingerprint density at radius 2 is 1.48 bits per heavy atom. The summed E-state index contributed by atoms with van der Waals surface area (Å²) in [5.74, 6) is -1.30. The summed E-state index contributed by atoms with van der Waals surface area (Å²) in [5.41, 5.74) is -5.69. The third-order valence-corrected chi connectivity index (χ3v) is 6.19. The first-order valence-electron chi connectivity index (χ1n) is 7.34. The van der Waals surface area contributed by atoms with Gasteiger partial charge in [-0.1, -0.05) is 0 Å². The monoisotopic (exact) mass is 426 g/mol. The Labute approximate surface area is 153 Å². The van der Waals surface area contributed by atoms with Crippen LogP contribution >= 0.6 is 0 Å². The molecule has 0 fully saturated rings. The number of rotatable bonds is 6. The Balaban J connectivity index is 2.36. The van der Waals surface area contributed by atoms with Crippen molar-refractivity contribution in [3.63, 3.8) is 0 Å². The van der Waals surface area contributed by atoms with Crippen LogP contribution in [0.4, 0.5) is 34.6 Å². The van der Waals surface area contributed by atoms with Gasteiger partial charge in [-0.25, -0.2) is 21.2 Å². The van der Waals surface area contributed by atoms with Gasteiger partial charge in [0.05, 0.1) is 11.4 Å². The molecule has 0 unspecified atom stereocenters. The molecule has 2 N–H and O–H groups in total. The van der Waals surface area contributed by atoms with E-state index in [0.29, 0.717) is 0 Å². The van der Waals surface area contributed by atoms with Crippen LogP contribution in [0.3, 0.4) is 0 Å². The maximum absolute atomic E-state index is 13.3. The summed E-state index contributed by atoms with van der Waals surface area (Å²) in [5, 5.41) is 2.46. The van der Waals surface area contributed by atoms with Crippen LogP contribution in [0, 0.1) is 5.82 Å². The fourth-order valence-corrected chi connectivity index (χ4v) is 3.54. The second kappa shape index (κ2) is 7.35. The number of sulfone groups is 1. The Kier molecular flexibility index (Phi) is 5.71. The first-order chi connectivity index (χ1) is 12.4. The highest BCUT2D eigenvalue weighted by molar-refractivity contribution is 7.92. The number of nitrogens with one attached hydrogen (secondary N) is 2. The van der Waals surface area contributed by atoms with E-state index in [1.807, 2.05) is 0 Å². The molecule has 0 bridgehead atoms. The maximum atomic E-state index is 13.3. The lowest BCUT2D eigenvalue weighted by molar-refractivity contribution is -0.0435. The van der Waals surface area contributed by atoms with Gasteiger partial charge in [0.1, 0.15) is 10.7 Å². The molecule has 2 aromatic carbocycles. The van der Waals surface area contributed by atoms with Gasteiger partial charge in [0.25, 0.3) is 9.84 Å². The fraction of sp³-hybridized carbons (Fsp3) is 0.200. The van der Waals surface area contributed by atoms with Crippen molar-refractivity contribution < 1.29 is 34.4 Å². The third kappa shape index (κ3) is 4.89. The number of hydrogen-bond donors (Lipinski definition) is 2. The minimum absolute atomic E-state index is 0.152. The molecular formula is C15H14F4N2O4S2. The van der Waals surface area contributed by atoms with Crippen LogP contribution in [0.15, 0.2) is 47.4 Å². The molecule has 2 aromatic rings. The molecule has 148 valence electrons. The van der Waals surface area contributed by atoms with Crippen molar-refractivity contribution in [2.45, 2.75) is 17.3 Å². The minimum Gasteiger partial charge on any atom is -0.354 e. The highest BCUT2D eigenvalue weighted by atomic mass is 32.2. The SMILES string of the molecule is CCS(=O)(=O)Nc1ccc(Nc2ccc(F)cc2S(=O)(=O)C(F)(F)F)cc1. The number of alkyl halides is 3. The summed E-state index contributed by atoms with van der Waals surface area (Å²) in [7, 11) is -9.29. The largest absolute Gasteiger partial charge is 0.501 e. The van der Waals surface area contributed by atoms with Crippen molar-refractivity contribution in [2.24, 2.45) is 0 Å². The number of hydrogen-bond acceptors (Lipinski definition) is 5. The van der Waals surface area contributed by atoms with Crippen molar-refractivity contribution in [3.8, 4) is 0 Å². The van der Waals surface area contributed by atoms with Gasteiger partial charge in [-0.2, -0.15) is 13.2 Å². The first-order valence-corrected chi connectivity index (χ1v) is 10.5. The van der Waals surface area contributed by atoms with Gasteiger partial charge in [0.2, 0.25) is 10.0 Å². The van der Waals surface area contributed by atoms with Crippen molar-refractivity contribution in [1.29, 1.82) is 0 Å². The highest BCUT2D eigenvalue weighted by Crippen LogP contribution is 2.36. The smallest absolute Gasteiger partial charge is 0.354 e. The van der Waals surface area contributed by atoms with Crippen LogP contribution in [0.25, 0.3) is 0 Å². The van der Waals surface area contributed by atoms with E-state index in [0.717, 1.165) is 12.1 Å². The molecule has 0 aliphatic rings. The summed E-state index contributed by atoms with van der Waals surface area (Å²) in [6, 6.07) is 7.24. The van der Waals surface area contributed by atoms with Gasteiger partial charge in [-0.3, -0.25) is 4.72 Å². The summed E-state index contributed by atoms with van der Waals surface area (Å²) in [4.78, 5) is -1.26. The number of halogens is 4.